The van der Waals surface area contributed by atoms with Gasteiger partial charge < -0.3 is 10.1 Å². The zero-order chi connectivity index (χ0) is 9.86. The van der Waals surface area contributed by atoms with Crippen LogP contribution in [0.2, 0.25) is 0 Å². The van der Waals surface area contributed by atoms with Crippen molar-refractivity contribution in [3.05, 3.63) is 12.7 Å². The molecule has 2 heterocycles. The Hall–Kier alpha value is -0.940. The van der Waals surface area contributed by atoms with Gasteiger partial charge in [-0.15, -0.1) is 0 Å². The molecule has 1 aliphatic rings. The van der Waals surface area contributed by atoms with Gasteiger partial charge in [0.25, 0.3) is 0 Å². The molecule has 14 heavy (non-hydrogen) atoms. The summed E-state index contributed by atoms with van der Waals surface area (Å²) < 4.78 is 7.34. The van der Waals surface area contributed by atoms with E-state index in [0.29, 0.717) is 0 Å². The summed E-state index contributed by atoms with van der Waals surface area (Å²) in [6.45, 7) is 2.87. The van der Waals surface area contributed by atoms with E-state index in [4.69, 9.17) is 4.74 Å². The molecule has 1 saturated heterocycles. The van der Waals surface area contributed by atoms with Crippen LogP contribution in [-0.4, -0.2) is 40.6 Å². The molecule has 5 nitrogen and oxygen atoms in total. The Balaban J connectivity index is 1.72. The monoisotopic (exact) mass is 196 g/mol. The quantitative estimate of drug-likeness (QED) is 0.723. The Kier molecular flexibility index (Phi) is 2.79. The van der Waals surface area contributed by atoms with E-state index in [9.17, 15) is 0 Å². The highest BCUT2D eigenvalue weighted by molar-refractivity contribution is 4.93. The molecule has 5 heteroatoms. The van der Waals surface area contributed by atoms with E-state index in [1.165, 1.54) is 0 Å². The first-order valence-corrected chi connectivity index (χ1v) is 4.93. The van der Waals surface area contributed by atoms with E-state index >= 15 is 0 Å². The van der Waals surface area contributed by atoms with Crippen molar-refractivity contribution in [1.82, 2.24) is 20.1 Å². The van der Waals surface area contributed by atoms with Crippen molar-refractivity contribution in [1.29, 1.82) is 0 Å². The summed E-state index contributed by atoms with van der Waals surface area (Å²) in [6.07, 6.45) is 5.48. The van der Waals surface area contributed by atoms with Gasteiger partial charge in [-0.1, -0.05) is 0 Å². The maximum atomic E-state index is 5.49. The summed E-state index contributed by atoms with van der Waals surface area (Å²) in [6, 6.07) is 0. The van der Waals surface area contributed by atoms with E-state index in [0.717, 1.165) is 32.5 Å². The number of aromatic nitrogens is 3. The molecule has 1 aliphatic heterocycles. The van der Waals surface area contributed by atoms with Crippen molar-refractivity contribution < 1.29 is 4.74 Å². The van der Waals surface area contributed by atoms with Gasteiger partial charge in [0.15, 0.2) is 0 Å². The second-order valence-electron chi connectivity index (χ2n) is 3.75. The molecule has 0 aromatic carbocycles. The fourth-order valence-corrected chi connectivity index (χ4v) is 1.74. The highest BCUT2D eigenvalue weighted by Crippen LogP contribution is 2.21. The molecule has 0 bridgehead atoms. The van der Waals surface area contributed by atoms with Crippen molar-refractivity contribution in [2.45, 2.75) is 25.0 Å². The van der Waals surface area contributed by atoms with Gasteiger partial charge in [-0.2, -0.15) is 5.10 Å². The maximum absolute atomic E-state index is 5.49. The fourth-order valence-electron chi connectivity index (χ4n) is 1.74. The standard InChI is InChI=1S/C9H16N4O/c1-14-9(5-10-6-9)3-2-4-13-8-11-7-12-13/h7-8,10H,2-6H2,1H3. The molecule has 1 N–H and O–H groups in total. The highest BCUT2D eigenvalue weighted by atomic mass is 16.5. The number of aryl methyl sites for hydroxylation is 1. The van der Waals surface area contributed by atoms with E-state index < -0.39 is 0 Å². The second-order valence-corrected chi connectivity index (χ2v) is 3.75. The summed E-state index contributed by atoms with van der Waals surface area (Å²) in [7, 11) is 1.79. The first-order valence-electron chi connectivity index (χ1n) is 4.93. The molecule has 2 rings (SSSR count). The molecule has 0 unspecified atom stereocenters. The predicted octanol–water partition coefficient (Wildman–Crippen LogP) is 0.0467. The van der Waals surface area contributed by atoms with E-state index in [2.05, 4.69) is 15.4 Å². The SMILES string of the molecule is COC1(CCCn2cncn2)CNC1. The van der Waals surface area contributed by atoms with Gasteiger partial charge in [0, 0.05) is 26.7 Å². The van der Waals surface area contributed by atoms with Gasteiger partial charge in [0.1, 0.15) is 12.7 Å². The molecule has 0 amide bonds. The third-order valence-electron chi connectivity index (χ3n) is 2.81. The van der Waals surface area contributed by atoms with Crippen LogP contribution in [0.3, 0.4) is 0 Å². The lowest BCUT2D eigenvalue weighted by Gasteiger charge is -2.41. The lowest BCUT2D eigenvalue weighted by Crippen LogP contribution is -2.60. The van der Waals surface area contributed by atoms with Crippen molar-refractivity contribution >= 4 is 0 Å². The summed E-state index contributed by atoms with van der Waals surface area (Å²) in [5, 5.41) is 7.29. The van der Waals surface area contributed by atoms with E-state index in [-0.39, 0.29) is 5.60 Å². The molecule has 0 spiro atoms. The molecular formula is C9H16N4O. The Morgan fingerprint density at radius 1 is 1.57 bits per heavy atom. The number of methoxy groups -OCH3 is 1. The first kappa shape index (κ1) is 9.61. The van der Waals surface area contributed by atoms with Crippen LogP contribution < -0.4 is 5.32 Å². The predicted molar refractivity (Wildman–Crippen MR) is 51.9 cm³/mol. The Bertz CT molecular complexity index is 263. The summed E-state index contributed by atoms with van der Waals surface area (Å²) in [5.41, 5.74) is 0.0839. The van der Waals surface area contributed by atoms with Gasteiger partial charge in [-0.05, 0) is 12.8 Å². The summed E-state index contributed by atoms with van der Waals surface area (Å²) in [4.78, 5) is 3.90. The van der Waals surface area contributed by atoms with Crippen LogP contribution in [0.15, 0.2) is 12.7 Å². The van der Waals surface area contributed by atoms with Gasteiger partial charge in [-0.25, -0.2) is 4.98 Å². The number of ether oxygens (including phenoxy) is 1. The van der Waals surface area contributed by atoms with Crippen LogP contribution in [0.1, 0.15) is 12.8 Å². The molecule has 0 atom stereocenters. The minimum atomic E-state index is 0.0839. The van der Waals surface area contributed by atoms with Gasteiger partial charge >= 0.3 is 0 Å². The Labute approximate surface area is 83.5 Å². The molecule has 0 aliphatic carbocycles. The molecule has 1 fully saturated rings. The second kappa shape index (κ2) is 4.06. The van der Waals surface area contributed by atoms with Crippen LogP contribution in [-0.2, 0) is 11.3 Å². The lowest BCUT2D eigenvalue weighted by molar-refractivity contribution is -0.0589. The normalized spacial score (nSPS) is 19.2. The third-order valence-corrected chi connectivity index (χ3v) is 2.81. The average Bonchev–Trinajstić information content (AvgIpc) is 2.62. The summed E-state index contributed by atoms with van der Waals surface area (Å²) in [5.74, 6) is 0. The third kappa shape index (κ3) is 1.93. The smallest absolute Gasteiger partial charge is 0.137 e. The molecule has 0 saturated carbocycles. The number of rotatable bonds is 5. The van der Waals surface area contributed by atoms with Crippen LogP contribution in [0, 0.1) is 0 Å². The van der Waals surface area contributed by atoms with Crippen molar-refractivity contribution in [2.24, 2.45) is 0 Å². The van der Waals surface area contributed by atoms with Crippen molar-refractivity contribution in [3.8, 4) is 0 Å². The zero-order valence-electron chi connectivity index (χ0n) is 8.44. The van der Waals surface area contributed by atoms with Gasteiger partial charge in [0.05, 0.1) is 5.60 Å². The lowest BCUT2D eigenvalue weighted by atomic mass is 9.91. The molecule has 1 aromatic rings. The van der Waals surface area contributed by atoms with Crippen LogP contribution in [0.25, 0.3) is 0 Å². The van der Waals surface area contributed by atoms with Gasteiger partial charge in [0.2, 0.25) is 0 Å². The minimum Gasteiger partial charge on any atom is -0.376 e. The van der Waals surface area contributed by atoms with Crippen molar-refractivity contribution in [3.63, 3.8) is 0 Å². The van der Waals surface area contributed by atoms with E-state index in [1.54, 1.807) is 19.8 Å². The zero-order valence-corrected chi connectivity index (χ0v) is 8.44. The number of hydrogen-bond donors (Lipinski definition) is 1. The first-order chi connectivity index (χ1) is 6.85. The summed E-state index contributed by atoms with van der Waals surface area (Å²) >= 11 is 0. The highest BCUT2D eigenvalue weighted by Gasteiger charge is 2.35. The van der Waals surface area contributed by atoms with E-state index in [1.807, 2.05) is 4.68 Å². The fraction of sp³-hybridized carbons (Fsp3) is 0.778. The van der Waals surface area contributed by atoms with Crippen LogP contribution >= 0.6 is 0 Å². The minimum absolute atomic E-state index is 0.0839. The van der Waals surface area contributed by atoms with Crippen LogP contribution in [0.5, 0.6) is 0 Å². The Morgan fingerprint density at radius 2 is 2.43 bits per heavy atom. The topological polar surface area (TPSA) is 52.0 Å². The van der Waals surface area contributed by atoms with Crippen molar-refractivity contribution in [2.75, 3.05) is 20.2 Å². The number of nitrogens with zero attached hydrogens (tertiary/aromatic N) is 3. The Morgan fingerprint density at radius 3 is 2.93 bits per heavy atom. The molecule has 1 aromatic heterocycles. The largest absolute Gasteiger partial charge is 0.376 e. The average molecular weight is 196 g/mol. The molecule has 0 radical (unpaired) electrons. The number of nitrogens with one attached hydrogen (secondary N) is 1. The molecule has 78 valence electrons. The molecular weight excluding hydrogens is 180 g/mol. The number of hydrogen-bond acceptors (Lipinski definition) is 4. The van der Waals surface area contributed by atoms with Gasteiger partial charge in [-0.3, -0.25) is 4.68 Å². The maximum Gasteiger partial charge on any atom is 0.137 e. The van der Waals surface area contributed by atoms with Crippen LogP contribution in [0.4, 0.5) is 0 Å².